The van der Waals surface area contributed by atoms with Gasteiger partial charge in [-0.3, -0.25) is 9.52 Å². The normalized spacial score (nSPS) is 11.0. The Morgan fingerprint density at radius 1 is 0.968 bits per heavy atom. The number of carbonyl (C=O) groups excluding carboxylic acids is 1. The number of carbonyl (C=O) groups is 1. The molecule has 0 aliphatic rings. The summed E-state index contributed by atoms with van der Waals surface area (Å²) in [6.07, 6.45) is 1.74. The summed E-state index contributed by atoms with van der Waals surface area (Å²) in [5, 5.41) is 2.90. The van der Waals surface area contributed by atoms with Gasteiger partial charge in [-0.1, -0.05) is 29.8 Å². The predicted octanol–water partition coefficient (Wildman–Crippen LogP) is 4.17. The Balaban J connectivity index is 1.52. The van der Waals surface area contributed by atoms with E-state index >= 15 is 0 Å². The van der Waals surface area contributed by atoms with Crippen molar-refractivity contribution in [3.05, 3.63) is 89.5 Å². The molecule has 2 N–H and O–H groups in total. The minimum absolute atomic E-state index is 0.128. The number of hydrogen-bond donors (Lipinski definition) is 2. The zero-order valence-corrected chi connectivity index (χ0v) is 18.4. The van der Waals surface area contributed by atoms with Gasteiger partial charge in [0.1, 0.15) is 5.75 Å². The van der Waals surface area contributed by atoms with E-state index in [1.165, 1.54) is 30.4 Å². The van der Waals surface area contributed by atoms with Gasteiger partial charge in [-0.25, -0.2) is 8.42 Å². The average molecular weight is 439 g/mol. The van der Waals surface area contributed by atoms with Crippen LogP contribution < -0.4 is 14.8 Å². The smallest absolute Gasteiger partial charge is 0.261 e. The summed E-state index contributed by atoms with van der Waals surface area (Å²) >= 11 is 0. The summed E-state index contributed by atoms with van der Waals surface area (Å²) in [6, 6.07) is 20.8. The zero-order chi connectivity index (χ0) is 22.3. The largest absolute Gasteiger partial charge is 0.497 e. The molecule has 0 aliphatic heterocycles. The lowest BCUT2D eigenvalue weighted by Crippen LogP contribution is -2.24. The Morgan fingerprint density at radius 2 is 1.68 bits per heavy atom. The van der Waals surface area contributed by atoms with Gasteiger partial charge >= 0.3 is 0 Å². The molecule has 0 atom stereocenters. The van der Waals surface area contributed by atoms with Crippen molar-refractivity contribution < 1.29 is 17.9 Å². The van der Waals surface area contributed by atoms with E-state index < -0.39 is 10.0 Å². The number of amides is 1. The maximum absolute atomic E-state index is 12.5. The molecule has 7 heteroatoms. The summed E-state index contributed by atoms with van der Waals surface area (Å²) in [6.45, 7) is 2.63. The van der Waals surface area contributed by atoms with Crippen LogP contribution >= 0.6 is 0 Å². The quantitative estimate of drug-likeness (QED) is 0.491. The monoisotopic (exact) mass is 438 g/mol. The molecule has 3 aromatic carbocycles. The van der Waals surface area contributed by atoms with Crippen LogP contribution in [0.25, 0.3) is 0 Å². The summed E-state index contributed by atoms with van der Waals surface area (Å²) in [7, 11) is -2.21. The molecule has 3 aromatic rings. The molecule has 0 aliphatic carbocycles. The van der Waals surface area contributed by atoms with Crippen molar-refractivity contribution >= 4 is 21.6 Å². The first kappa shape index (κ1) is 22.4. The molecule has 0 aromatic heterocycles. The van der Waals surface area contributed by atoms with E-state index in [0.717, 1.165) is 12.8 Å². The van der Waals surface area contributed by atoms with E-state index in [1.54, 1.807) is 36.4 Å². The minimum Gasteiger partial charge on any atom is -0.497 e. The number of rotatable bonds is 9. The minimum atomic E-state index is -3.72. The van der Waals surface area contributed by atoms with E-state index in [4.69, 9.17) is 4.74 Å². The number of benzene rings is 3. The van der Waals surface area contributed by atoms with Gasteiger partial charge in [0, 0.05) is 17.8 Å². The molecule has 0 spiro atoms. The Hall–Kier alpha value is -3.32. The third kappa shape index (κ3) is 6.33. The lowest BCUT2D eigenvalue weighted by Gasteiger charge is -2.10. The first-order chi connectivity index (χ1) is 14.9. The third-order valence-electron chi connectivity index (χ3n) is 4.78. The van der Waals surface area contributed by atoms with Gasteiger partial charge in [0.2, 0.25) is 0 Å². The predicted molar refractivity (Wildman–Crippen MR) is 122 cm³/mol. The maximum Gasteiger partial charge on any atom is 0.261 e. The van der Waals surface area contributed by atoms with Crippen molar-refractivity contribution in [2.24, 2.45) is 0 Å². The molecule has 0 unspecified atom stereocenters. The van der Waals surface area contributed by atoms with Crippen LogP contribution in [0.2, 0.25) is 0 Å². The molecule has 0 radical (unpaired) electrons. The summed E-state index contributed by atoms with van der Waals surface area (Å²) in [4.78, 5) is 12.5. The molecular weight excluding hydrogens is 412 g/mol. The maximum atomic E-state index is 12.5. The Bertz CT molecular complexity index is 1130. The van der Waals surface area contributed by atoms with Crippen LogP contribution in [0.3, 0.4) is 0 Å². The molecule has 6 nitrogen and oxygen atoms in total. The zero-order valence-electron chi connectivity index (χ0n) is 17.6. The molecular formula is C24H26N2O4S. The number of aryl methyl sites for hydroxylation is 2. The first-order valence-corrected chi connectivity index (χ1v) is 11.5. The van der Waals surface area contributed by atoms with Crippen LogP contribution in [-0.4, -0.2) is 28.0 Å². The lowest BCUT2D eigenvalue weighted by atomic mass is 10.1. The number of sulfonamides is 1. The van der Waals surface area contributed by atoms with Crippen molar-refractivity contribution in [2.45, 2.75) is 24.7 Å². The molecule has 0 saturated heterocycles. The lowest BCUT2D eigenvalue weighted by molar-refractivity contribution is 0.0953. The van der Waals surface area contributed by atoms with Crippen molar-refractivity contribution in [1.29, 1.82) is 0 Å². The fourth-order valence-electron chi connectivity index (χ4n) is 3.12. The van der Waals surface area contributed by atoms with E-state index in [9.17, 15) is 13.2 Å². The molecule has 0 saturated carbocycles. The van der Waals surface area contributed by atoms with Gasteiger partial charge < -0.3 is 10.1 Å². The highest BCUT2D eigenvalue weighted by Crippen LogP contribution is 2.19. The second-order valence-corrected chi connectivity index (χ2v) is 8.89. The van der Waals surface area contributed by atoms with Crippen molar-refractivity contribution in [2.75, 3.05) is 18.4 Å². The second-order valence-electron chi connectivity index (χ2n) is 7.21. The molecule has 162 valence electrons. The van der Waals surface area contributed by atoms with Gasteiger partial charge in [0.15, 0.2) is 0 Å². The Kier molecular flexibility index (Phi) is 7.31. The summed E-state index contributed by atoms with van der Waals surface area (Å²) < 4.78 is 32.6. The van der Waals surface area contributed by atoms with Gasteiger partial charge in [-0.2, -0.15) is 0 Å². The standard InChI is InChI=1S/C24H26N2O4S/c1-18-5-3-6-19(17-18)7-4-16-25-24(27)20-8-10-21(11-9-20)26-31(28,29)23-14-12-22(30-2)13-15-23/h3,5-6,8-15,17,26H,4,7,16H2,1-2H3,(H,25,27). The van der Waals surface area contributed by atoms with E-state index in [-0.39, 0.29) is 10.8 Å². The van der Waals surface area contributed by atoms with E-state index in [0.29, 0.717) is 23.5 Å². The van der Waals surface area contributed by atoms with Crippen molar-refractivity contribution in [1.82, 2.24) is 5.32 Å². The van der Waals surface area contributed by atoms with Gasteiger partial charge in [0.05, 0.1) is 12.0 Å². The molecule has 0 bridgehead atoms. The average Bonchev–Trinajstić information content (AvgIpc) is 2.77. The van der Waals surface area contributed by atoms with Crippen molar-refractivity contribution in [3.63, 3.8) is 0 Å². The fraction of sp³-hybridized carbons (Fsp3) is 0.208. The summed E-state index contributed by atoms with van der Waals surface area (Å²) in [5.41, 5.74) is 3.33. The van der Waals surface area contributed by atoms with Crippen LogP contribution in [0.1, 0.15) is 27.9 Å². The molecule has 1 amide bonds. The fourth-order valence-corrected chi connectivity index (χ4v) is 4.18. The number of hydrogen-bond acceptors (Lipinski definition) is 4. The van der Waals surface area contributed by atoms with Gasteiger partial charge in [-0.15, -0.1) is 0 Å². The Morgan fingerprint density at radius 3 is 2.32 bits per heavy atom. The number of nitrogens with one attached hydrogen (secondary N) is 2. The second kappa shape index (κ2) is 10.1. The highest BCUT2D eigenvalue weighted by Gasteiger charge is 2.14. The van der Waals surface area contributed by atoms with E-state index in [1.807, 2.05) is 6.07 Å². The first-order valence-electron chi connectivity index (χ1n) is 9.98. The van der Waals surface area contributed by atoms with Crippen LogP contribution in [0.15, 0.2) is 77.7 Å². The number of anilines is 1. The number of ether oxygens (including phenoxy) is 1. The highest BCUT2D eigenvalue weighted by atomic mass is 32.2. The van der Waals surface area contributed by atoms with E-state index in [2.05, 4.69) is 35.2 Å². The summed E-state index contributed by atoms with van der Waals surface area (Å²) in [5.74, 6) is 0.391. The van der Waals surface area contributed by atoms with Crippen LogP contribution in [0.4, 0.5) is 5.69 Å². The SMILES string of the molecule is COc1ccc(S(=O)(=O)Nc2ccc(C(=O)NCCCc3cccc(C)c3)cc2)cc1. The van der Waals surface area contributed by atoms with Gasteiger partial charge in [0.25, 0.3) is 15.9 Å². The van der Waals surface area contributed by atoms with Crippen LogP contribution in [0.5, 0.6) is 5.75 Å². The van der Waals surface area contributed by atoms with Crippen LogP contribution in [-0.2, 0) is 16.4 Å². The Labute approximate surface area is 183 Å². The molecule has 0 heterocycles. The van der Waals surface area contributed by atoms with Crippen LogP contribution in [0, 0.1) is 6.92 Å². The topological polar surface area (TPSA) is 84.5 Å². The third-order valence-corrected chi connectivity index (χ3v) is 6.18. The number of methoxy groups -OCH3 is 1. The molecule has 0 fully saturated rings. The van der Waals surface area contributed by atoms with Gasteiger partial charge in [-0.05, 0) is 73.9 Å². The highest BCUT2D eigenvalue weighted by molar-refractivity contribution is 7.92. The van der Waals surface area contributed by atoms with Crippen molar-refractivity contribution in [3.8, 4) is 5.75 Å². The molecule has 31 heavy (non-hydrogen) atoms. The molecule has 3 rings (SSSR count).